The van der Waals surface area contributed by atoms with Gasteiger partial charge in [-0.2, -0.15) is 0 Å². The highest BCUT2D eigenvalue weighted by molar-refractivity contribution is 5.76. The molecule has 1 unspecified atom stereocenters. The van der Waals surface area contributed by atoms with Crippen molar-refractivity contribution in [1.82, 2.24) is 15.2 Å². The van der Waals surface area contributed by atoms with Crippen LogP contribution in [0.15, 0.2) is 18.3 Å². The third kappa shape index (κ3) is 5.48. The van der Waals surface area contributed by atoms with Crippen molar-refractivity contribution in [2.45, 2.75) is 32.9 Å². The maximum atomic E-state index is 11.8. The molecule has 0 saturated carbocycles. The van der Waals surface area contributed by atoms with Crippen LogP contribution < -0.4 is 10.2 Å². The predicted octanol–water partition coefficient (Wildman–Crippen LogP) is 0.857. The van der Waals surface area contributed by atoms with Crippen LogP contribution in [0.5, 0.6) is 0 Å². The standard InChI is InChI=1S/C17H28N4O2/c1-13(2)15(22)10-17(23)19-12-14-4-5-16(18-11-14)21-8-6-20(3)7-9-21/h4-5,11,13,15,22H,6-10,12H2,1-3H3,(H,19,23). The lowest BCUT2D eigenvalue weighted by Gasteiger charge is -2.33. The van der Waals surface area contributed by atoms with E-state index in [2.05, 4.69) is 27.1 Å². The van der Waals surface area contributed by atoms with Gasteiger partial charge in [-0.05, 0) is 24.6 Å². The molecule has 2 rings (SSSR count). The number of amides is 1. The summed E-state index contributed by atoms with van der Waals surface area (Å²) in [6.07, 6.45) is 1.37. The van der Waals surface area contributed by atoms with E-state index in [1.54, 1.807) is 0 Å². The molecule has 1 fully saturated rings. The molecule has 6 nitrogen and oxygen atoms in total. The van der Waals surface area contributed by atoms with Crippen molar-refractivity contribution < 1.29 is 9.90 Å². The molecule has 128 valence electrons. The van der Waals surface area contributed by atoms with E-state index >= 15 is 0 Å². The number of hydrogen-bond donors (Lipinski definition) is 2. The maximum Gasteiger partial charge on any atom is 0.222 e. The van der Waals surface area contributed by atoms with Crippen molar-refractivity contribution in [3.05, 3.63) is 23.9 Å². The summed E-state index contributed by atoms with van der Waals surface area (Å²) in [7, 11) is 2.13. The van der Waals surface area contributed by atoms with Crippen LogP contribution in [0, 0.1) is 5.92 Å². The van der Waals surface area contributed by atoms with E-state index in [0.29, 0.717) is 6.54 Å². The third-order valence-corrected chi connectivity index (χ3v) is 4.29. The summed E-state index contributed by atoms with van der Waals surface area (Å²) in [5.74, 6) is 0.947. The number of anilines is 1. The molecule has 0 bridgehead atoms. The van der Waals surface area contributed by atoms with Gasteiger partial charge in [-0.3, -0.25) is 4.79 Å². The lowest BCUT2D eigenvalue weighted by Crippen LogP contribution is -2.44. The second-order valence-electron chi connectivity index (χ2n) is 6.61. The molecular weight excluding hydrogens is 292 g/mol. The van der Waals surface area contributed by atoms with Crippen molar-refractivity contribution in [2.24, 2.45) is 5.92 Å². The molecule has 0 aliphatic carbocycles. The fourth-order valence-corrected chi connectivity index (χ4v) is 2.44. The van der Waals surface area contributed by atoms with Gasteiger partial charge in [-0.15, -0.1) is 0 Å². The second kappa shape index (κ2) is 8.26. The molecule has 2 heterocycles. The molecule has 0 radical (unpaired) electrons. The number of carbonyl (C=O) groups is 1. The average Bonchev–Trinajstić information content (AvgIpc) is 2.54. The summed E-state index contributed by atoms with van der Waals surface area (Å²) < 4.78 is 0. The van der Waals surface area contributed by atoms with Crippen LogP contribution in [-0.2, 0) is 11.3 Å². The normalized spacial score (nSPS) is 17.3. The van der Waals surface area contributed by atoms with Crippen LogP contribution in [-0.4, -0.2) is 60.2 Å². The Morgan fingerprint density at radius 3 is 2.57 bits per heavy atom. The molecule has 0 spiro atoms. The van der Waals surface area contributed by atoms with Crippen molar-refractivity contribution in [2.75, 3.05) is 38.1 Å². The number of nitrogens with zero attached hydrogens (tertiary/aromatic N) is 3. The molecule has 1 aromatic rings. The van der Waals surface area contributed by atoms with Gasteiger partial charge in [0.1, 0.15) is 5.82 Å². The van der Waals surface area contributed by atoms with Gasteiger partial charge >= 0.3 is 0 Å². The summed E-state index contributed by atoms with van der Waals surface area (Å²) >= 11 is 0. The first kappa shape index (κ1) is 17.7. The molecule has 1 saturated heterocycles. The zero-order valence-electron chi connectivity index (χ0n) is 14.3. The quantitative estimate of drug-likeness (QED) is 0.813. The highest BCUT2D eigenvalue weighted by atomic mass is 16.3. The Kier molecular flexibility index (Phi) is 6.36. The minimum Gasteiger partial charge on any atom is -0.392 e. The van der Waals surface area contributed by atoms with Crippen LogP contribution in [0.1, 0.15) is 25.8 Å². The molecule has 23 heavy (non-hydrogen) atoms. The van der Waals surface area contributed by atoms with Gasteiger partial charge in [0.2, 0.25) is 5.91 Å². The number of carbonyl (C=O) groups excluding carboxylic acids is 1. The van der Waals surface area contributed by atoms with Crippen LogP contribution in [0.4, 0.5) is 5.82 Å². The fourth-order valence-electron chi connectivity index (χ4n) is 2.44. The molecule has 2 N–H and O–H groups in total. The third-order valence-electron chi connectivity index (χ3n) is 4.29. The smallest absolute Gasteiger partial charge is 0.222 e. The number of pyridine rings is 1. The zero-order chi connectivity index (χ0) is 16.8. The first-order valence-electron chi connectivity index (χ1n) is 8.29. The molecule has 1 aromatic heterocycles. The molecule has 6 heteroatoms. The SMILES string of the molecule is CC(C)C(O)CC(=O)NCc1ccc(N2CCN(C)CC2)nc1. The van der Waals surface area contributed by atoms with Gasteiger partial charge in [0, 0.05) is 38.9 Å². The number of aromatic nitrogens is 1. The maximum absolute atomic E-state index is 11.8. The monoisotopic (exact) mass is 320 g/mol. The number of aliphatic hydroxyl groups excluding tert-OH is 1. The Morgan fingerprint density at radius 2 is 2.00 bits per heavy atom. The number of piperazine rings is 1. The Labute approximate surface area is 138 Å². The molecule has 1 amide bonds. The van der Waals surface area contributed by atoms with E-state index in [1.165, 1.54) is 0 Å². The second-order valence-corrected chi connectivity index (χ2v) is 6.61. The van der Waals surface area contributed by atoms with E-state index in [0.717, 1.165) is 37.6 Å². The highest BCUT2D eigenvalue weighted by Crippen LogP contribution is 2.13. The van der Waals surface area contributed by atoms with E-state index in [9.17, 15) is 9.90 Å². The number of likely N-dealkylation sites (N-methyl/N-ethyl adjacent to an activating group) is 1. The summed E-state index contributed by atoms with van der Waals surface area (Å²) in [5.41, 5.74) is 0.968. The number of rotatable bonds is 6. The highest BCUT2D eigenvalue weighted by Gasteiger charge is 2.16. The van der Waals surface area contributed by atoms with Gasteiger partial charge < -0.3 is 20.2 Å². The van der Waals surface area contributed by atoms with Crippen molar-refractivity contribution in [3.63, 3.8) is 0 Å². The molecule has 1 aliphatic heterocycles. The van der Waals surface area contributed by atoms with Crippen LogP contribution >= 0.6 is 0 Å². The Hall–Kier alpha value is -1.66. The van der Waals surface area contributed by atoms with Gasteiger partial charge in [-0.25, -0.2) is 4.98 Å². The van der Waals surface area contributed by atoms with E-state index in [1.807, 2.05) is 32.2 Å². The van der Waals surface area contributed by atoms with Gasteiger partial charge in [0.05, 0.1) is 12.5 Å². The van der Waals surface area contributed by atoms with Crippen molar-refractivity contribution in [3.8, 4) is 0 Å². The predicted molar refractivity (Wildman–Crippen MR) is 91.3 cm³/mol. The minimum absolute atomic E-state index is 0.0882. The molecule has 1 atom stereocenters. The van der Waals surface area contributed by atoms with Crippen LogP contribution in [0.2, 0.25) is 0 Å². The molecule has 0 aromatic carbocycles. The van der Waals surface area contributed by atoms with Crippen molar-refractivity contribution >= 4 is 11.7 Å². The Bertz CT molecular complexity index is 496. The van der Waals surface area contributed by atoms with Gasteiger partial charge in [0.15, 0.2) is 0 Å². The molecular formula is C17H28N4O2. The topological polar surface area (TPSA) is 68.7 Å². The average molecular weight is 320 g/mol. The first-order valence-corrected chi connectivity index (χ1v) is 8.29. The number of nitrogens with one attached hydrogen (secondary N) is 1. The summed E-state index contributed by atoms with van der Waals surface area (Å²) in [6, 6.07) is 4.01. The largest absolute Gasteiger partial charge is 0.392 e. The van der Waals surface area contributed by atoms with Gasteiger partial charge in [0.25, 0.3) is 0 Å². The molecule has 1 aliphatic rings. The van der Waals surface area contributed by atoms with Crippen LogP contribution in [0.3, 0.4) is 0 Å². The number of hydrogen-bond acceptors (Lipinski definition) is 5. The van der Waals surface area contributed by atoms with Gasteiger partial charge in [-0.1, -0.05) is 19.9 Å². The Balaban J connectivity index is 1.80. The summed E-state index contributed by atoms with van der Waals surface area (Å²) in [6.45, 7) is 8.34. The van der Waals surface area contributed by atoms with E-state index in [-0.39, 0.29) is 18.2 Å². The van der Waals surface area contributed by atoms with Crippen molar-refractivity contribution in [1.29, 1.82) is 0 Å². The zero-order valence-corrected chi connectivity index (χ0v) is 14.3. The van der Waals surface area contributed by atoms with E-state index < -0.39 is 6.10 Å². The summed E-state index contributed by atoms with van der Waals surface area (Å²) in [5, 5.41) is 12.5. The van der Waals surface area contributed by atoms with Crippen LogP contribution in [0.25, 0.3) is 0 Å². The lowest BCUT2D eigenvalue weighted by atomic mass is 10.0. The lowest BCUT2D eigenvalue weighted by molar-refractivity contribution is -0.123. The first-order chi connectivity index (χ1) is 11.0. The van der Waals surface area contributed by atoms with E-state index in [4.69, 9.17) is 0 Å². The Morgan fingerprint density at radius 1 is 1.30 bits per heavy atom. The fraction of sp³-hybridized carbons (Fsp3) is 0.647. The minimum atomic E-state index is -0.590. The summed E-state index contributed by atoms with van der Waals surface area (Å²) in [4.78, 5) is 20.9. The number of aliphatic hydroxyl groups is 1.